The Morgan fingerprint density at radius 3 is 2.50 bits per heavy atom. The molecule has 1 heterocycles. The minimum absolute atomic E-state index is 0.260. The molecule has 18 heavy (non-hydrogen) atoms. The lowest BCUT2D eigenvalue weighted by Crippen LogP contribution is -2.42. The predicted octanol–water partition coefficient (Wildman–Crippen LogP) is 2.56. The van der Waals surface area contributed by atoms with Crippen molar-refractivity contribution in [2.24, 2.45) is 5.41 Å². The van der Waals surface area contributed by atoms with Crippen LogP contribution >= 0.6 is 0 Å². The van der Waals surface area contributed by atoms with Crippen LogP contribution in [0.1, 0.15) is 59.3 Å². The Kier molecular flexibility index (Phi) is 4.31. The van der Waals surface area contributed by atoms with E-state index in [1.165, 1.54) is 25.7 Å². The van der Waals surface area contributed by atoms with Gasteiger partial charge in [-0.05, 0) is 44.1 Å². The van der Waals surface area contributed by atoms with Gasteiger partial charge in [-0.15, -0.1) is 0 Å². The predicted molar refractivity (Wildman–Crippen MR) is 74.4 cm³/mol. The minimum Gasteiger partial charge on any atom is -0.338 e. The molecule has 2 rings (SSSR count). The third kappa shape index (κ3) is 4.27. The van der Waals surface area contributed by atoms with Crippen LogP contribution in [-0.2, 0) is 4.79 Å². The highest BCUT2D eigenvalue weighted by molar-refractivity contribution is 5.77. The van der Waals surface area contributed by atoms with Gasteiger partial charge in [-0.25, -0.2) is 0 Å². The van der Waals surface area contributed by atoms with E-state index in [2.05, 4.69) is 31.0 Å². The van der Waals surface area contributed by atoms with Crippen LogP contribution in [0.4, 0.5) is 0 Å². The first-order chi connectivity index (χ1) is 8.46. The number of carbonyl (C=O) groups excluding carboxylic acids is 1. The van der Waals surface area contributed by atoms with Crippen LogP contribution in [0.5, 0.6) is 0 Å². The van der Waals surface area contributed by atoms with Gasteiger partial charge >= 0.3 is 0 Å². The van der Waals surface area contributed by atoms with Crippen molar-refractivity contribution in [1.29, 1.82) is 0 Å². The summed E-state index contributed by atoms with van der Waals surface area (Å²) in [6.07, 6.45) is 6.64. The summed E-state index contributed by atoms with van der Waals surface area (Å²) in [5, 5.41) is 3.50. The Balaban J connectivity index is 1.82. The van der Waals surface area contributed by atoms with Gasteiger partial charge < -0.3 is 10.2 Å². The van der Waals surface area contributed by atoms with E-state index in [9.17, 15) is 4.79 Å². The van der Waals surface area contributed by atoms with Crippen molar-refractivity contribution in [2.45, 2.75) is 71.4 Å². The molecule has 0 aromatic carbocycles. The van der Waals surface area contributed by atoms with E-state index in [-0.39, 0.29) is 5.41 Å². The lowest BCUT2D eigenvalue weighted by molar-refractivity contribution is -0.132. The van der Waals surface area contributed by atoms with Crippen molar-refractivity contribution in [3.05, 3.63) is 0 Å². The van der Waals surface area contributed by atoms with Gasteiger partial charge in [0.05, 0.1) is 0 Å². The Labute approximate surface area is 111 Å². The quantitative estimate of drug-likeness (QED) is 0.815. The summed E-state index contributed by atoms with van der Waals surface area (Å²) in [5.41, 5.74) is 0.260. The van der Waals surface area contributed by atoms with Crippen LogP contribution in [0.3, 0.4) is 0 Å². The molecule has 1 aliphatic heterocycles. The third-order valence-electron chi connectivity index (χ3n) is 3.98. The molecule has 1 aliphatic carbocycles. The zero-order valence-electron chi connectivity index (χ0n) is 12.2. The van der Waals surface area contributed by atoms with Gasteiger partial charge in [-0.1, -0.05) is 20.8 Å². The average molecular weight is 252 g/mol. The van der Waals surface area contributed by atoms with Crippen molar-refractivity contribution < 1.29 is 4.79 Å². The van der Waals surface area contributed by atoms with Crippen LogP contribution in [0, 0.1) is 5.41 Å². The van der Waals surface area contributed by atoms with E-state index in [0.717, 1.165) is 19.5 Å². The molecule has 1 atom stereocenters. The fraction of sp³-hybridized carbons (Fsp3) is 0.933. The number of carbonyl (C=O) groups is 1. The first kappa shape index (κ1) is 13.9. The summed E-state index contributed by atoms with van der Waals surface area (Å²) in [6.45, 7) is 8.69. The molecule has 1 N–H and O–H groups in total. The highest BCUT2D eigenvalue weighted by Gasteiger charge is 2.34. The van der Waals surface area contributed by atoms with E-state index in [1.807, 2.05) is 0 Å². The highest BCUT2D eigenvalue weighted by atomic mass is 16.2. The van der Waals surface area contributed by atoms with Crippen molar-refractivity contribution in [2.75, 3.05) is 13.1 Å². The van der Waals surface area contributed by atoms with E-state index in [1.54, 1.807) is 0 Å². The number of hydrogen-bond donors (Lipinski definition) is 1. The second-order valence-corrected chi connectivity index (χ2v) is 7.13. The highest BCUT2D eigenvalue weighted by Crippen LogP contribution is 2.29. The second-order valence-electron chi connectivity index (χ2n) is 7.13. The van der Waals surface area contributed by atoms with Crippen molar-refractivity contribution in [3.8, 4) is 0 Å². The fourth-order valence-electron chi connectivity index (χ4n) is 2.62. The molecule has 2 fully saturated rings. The van der Waals surface area contributed by atoms with Gasteiger partial charge in [-0.3, -0.25) is 4.79 Å². The largest absolute Gasteiger partial charge is 0.338 e. The Morgan fingerprint density at radius 2 is 2.00 bits per heavy atom. The van der Waals surface area contributed by atoms with Gasteiger partial charge in [0.15, 0.2) is 0 Å². The summed E-state index contributed by atoms with van der Waals surface area (Å²) < 4.78 is 0. The van der Waals surface area contributed by atoms with Crippen molar-refractivity contribution in [1.82, 2.24) is 10.2 Å². The molecule has 0 spiro atoms. The SMILES string of the molecule is CC(C)(C)CCC(=O)N(CC1CCCN1)C1CC1. The molecule has 1 unspecified atom stereocenters. The van der Waals surface area contributed by atoms with Gasteiger partial charge in [0, 0.05) is 25.0 Å². The summed E-state index contributed by atoms with van der Waals surface area (Å²) in [5.74, 6) is 0.376. The molecule has 1 saturated heterocycles. The van der Waals surface area contributed by atoms with Gasteiger partial charge in [-0.2, -0.15) is 0 Å². The maximum atomic E-state index is 12.4. The number of nitrogens with one attached hydrogen (secondary N) is 1. The summed E-state index contributed by atoms with van der Waals surface area (Å²) in [6, 6.07) is 1.10. The maximum Gasteiger partial charge on any atom is 0.222 e. The van der Waals surface area contributed by atoms with Gasteiger partial charge in [0.1, 0.15) is 0 Å². The van der Waals surface area contributed by atoms with Crippen LogP contribution < -0.4 is 5.32 Å². The smallest absolute Gasteiger partial charge is 0.222 e. The molecule has 0 bridgehead atoms. The molecule has 3 nitrogen and oxygen atoms in total. The Bertz CT molecular complexity index is 285. The van der Waals surface area contributed by atoms with Crippen molar-refractivity contribution >= 4 is 5.91 Å². The average Bonchev–Trinajstić information content (AvgIpc) is 2.99. The minimum atomic E-state index is 0.260. The first-order valence-electron chi connectivity index (χ1n) is 7.48. The van der Waals surface area contributed by atoms with E-state index in [4.69, 9.17) is 0 Å². The van der Waals surface area contributed by atoms with E-state index in [0.29, 0.717) is 24.4 Å². The first-order valence-corrected chi connectivity index (χ1v) is 7.48. The number of nitrogens with zero attached hydrogens (tertiary/aromatic N) is 1. The molecule has 1 amide bonds. The Hall–Kier alpha value is -0.570. The standard InChI is InChI=1S/C15H28N2O/c1-15(2,3)9-8-14(18)17(13-6-7-13)11-12-5-4-10-16-12/h12-13,16H,4-11H2,1-3H3. The van der Waals surface area contributed by atoms with E-state index < -0.39 is 0 Å². The lowest BCUT2D eigenvalue weighted by Gasteiger charge is -2.27. The molecular weight excluding hydrogens is 224 g/mol. The number of hydrogen-bond acceptors (Lipinski definition) is 2. The van der Waals surface area contributed by atoms with Crippen LogP contribution in [0.25, 0.3) is 0 Å². The normalized spacial score (nSPS) is 24.3. The zero-order valence-corrected chi connectivity index (χ0v) is 12.2. The number of amides is 1. The summed E-state index contributed by atoms with van der Waals surface area (Å²) in [7, 11) is 0. The van der Waals surface area contributed by atoms with Crippen LogP contribution in [0.2, 0.25) is 0 Å². The Morgan fingerprint density at radius 1 is 1.28 bits per heavy atom. The molecule has 0 aromatic rings. The fourth-order valence-corrected chi connectivity index (χ4v) is 2.62. The van der Waals surface area contributed by atoms with E-state index >= 15 is 0 Å². The van der Waals surface area contributed by atoms with Crippen LogP contribution in [-0.4, -0.2) is 36.0 Å². The van der Waals surface area contributed by atoms with Crippen LogP contribution in [0.15, 0.2) is 0 Å². The second kappa shape index (κ2) is 5.60. The van der Waals surface area contributed by atoms with Gasteiger partial charge in [0.25, 0.3) is 0 Å². The summed E-state index contributed by atoms with van der Waals surface area (Å²) >= 11 is 0. The maximum absolute atomic E-state index is 12.4. The zero-order chi connectivity index (χ0) is 13.2. The topological polar surface area (TPSA) is 32.3 Å². The third-order valence-corrected chi connectivity index (χ3v) is 3.98. The molecule has 104 valence electrons. The molecule has 2 aliphatic rings. The molecular formula is C15H28N2O. The lowest BCUT2D eigenvalue weighted by atomic mass is 9.90. The molecule has 1 saturated carbocycles. The monoisotopic (exact) mass is 252 g/mol. The molecule has 0 aromatic heterocycles. The molecule has 3 heteroatoms. The van der Waals surface area contributed by atoms with Gasteiger partial charge in [0.2, 0.25) is 5.91 Å². The van der Waals surface area contributed by atoms with Crippen molar-refractivity contribution in [3.63, 3.8) is 0 Å². The summed E-state index contributed by atoms with van der Waals surface area (Å²) in [4.78, 5) is 14.5. The molecule has 0 radical (unpaired) electrons. The number of rotatable bonds is 5.